The predicted molar refractivity (Wildman–Crippen MR) is 91.1 cm³/mol. The first-order valence-electron chi connectivity index (χ1n) is 7.82. The summed E-state index contributed by atoms with van der Waals surface area (Å²) in [6, 6.07) is 5.36. The molecule has 2 saturated heterocycles. The molecule has 0 saturated carbocycles. The highest BCUT2D eigenvalue weighted by atomic mass is 32.2. The molecule has 1 aromatic rings. The zero-order valence-corrected chi connectivity index (χ0v) is 15.6. The SMILES string of the molecule is CC1(C)COCCN1S(=O)(=O)c1ccc(N2C(=O)CCS2(=O)=O)cc1. The van der Waals surface area contributed by atoms with E-state index in [2.05, 4.69) is 0 Å². The van der Waals surface area contributed by atoms with Gasteiger partial charge in [-0.1, -0.05) is 0 Å². The Balaban J connectivity index is 1.93. The summed E-state index contributed by atoms with van der Waals surface area (Å²) in [5, 5.41) is 0. The van der Waals surface area contributed by atoms with Gasteiger partial charge in [-0.3, -0.25) is 4.79 Å². The molecule has 0 spiro atoms. The third kappa shape index (κ3) is 3.19. The first-order chi connectivity index (χ1) is 11.6. The Morgan fingerprint density at radius 2 is 1.80 bits per heavy atom. The maximum atomic E-state index is 12.9. The van der Waals surface area contributed by atoms with Gasteiger partial charge < -0.3 is 4.74 Å². The summed E-state index contributed by atoms with van der Waals surface area (Å²) in [7, 11) is -7.42. The summed E-state index contributed by atoms with van der Waals surface area (Å²) >= 11 is 0. The molecule has 3 rings (SSSR count). The van der Waals surface area contributed by atoms with Crippen LogP contribution in [0, 0.1) is 0 Å². The van der Waals surface area contributed by atoms with Crippen molar-refractivity contribution in [1.82, 2.24) is 4.31 Å². The molecule has 2 heterocycles. The summed E-state index contributed by atoms with van der Waals surface area (Å²) < 4.78 is 57.2. The van der Waals surface area contributed by atoms with Crippen LogP contribution in [0.25, 0.3) is 0 Å². The lowest BCUT2D eigenvalue weighted by Gasteiger charge is -2.40. The number of benzene rings is 1. The summed E-state index contributed by atoms with van der Waals surface area (Å²) in [6.07, 6.45) is -0.0651. The molecule has 0 aromatic heterocycles. The minimum absolute atomic E-state index is 0.0512. The number of anilines is 1. The number of amides is 1. The Hall–Kier alpha value is -1.49. The highest BCUT2D eigenvalue weighted by Gasteiger charge is 2.40. The van der Waals surface area contributed by atoms with Crippen LogP contribution in [0.15, 0.2) is 29.2 Å². The summed E-state index contributed by atoms with van der Waals surface area (Å²) in [5.74, 6) is -0.738. The second-order valence-corrected chi connectivity index (χ2v) is 10.5. The van der Waals surface area contributed by atoms with E-state index >= 15 is 0 Å². The van der Waals surface area contributed by atoms with Crippen LogP contribution in [0.1, 0.15) is 20.3 Å². The van der Waals surface area contributed by atoms with Crippen LogP contribution < -0.4 is 4.31 Å². The fourth-order valence-electron chi connectivity index (χ4n) is 3.04. The number of hydrogen-bond donors (Lipinski definition) is 0. The number of carbonyl (C=O) groups is 1. The lowest BCUT2D eigenvalue weighted by atomic mass is 10.1. The van der Waals surface area contributed by atoms with E-state index in [0.717, 1.165) is 4.31 Å². The van der Waals surface area contributed by atoms with Crippen molar-refractivity contribution in [2.45, 2.75) is 30.7 Å². The van der Waals surface area contributed by atoms with Crippen molar-refractivity contribution in [3.05, 3.63) is 24.3 Å². The molecule has 0 unspecified atom stereocenters. The minimum Gasteiger partial charge on any atom is -0.378 e. The average Bonchev–Trinajstić information content (AvgIpc) is 2.80. The van der Waals surface area contributed by atoms with Crippen LogP contribution in [0.4, 0.5) is 5.69 Å². The summed E-state index contributed by atoms with van der Waals surface area (Å²) in [4.78, 5) is 11.9. The Morgan fingerprint density at radius 3 is 2.32 bits per heavy atom. The number of rotatable bonds is 3. The van der Waals surface area contributed by atoms with Gasteiger partial charge in [-0.25, -0.2) is 21.1 Å². The number of morpholine rings is 1. The highest BCUT2D eigenvalue weighted by molar-refractivity contribution is 7.94. The van der Waals surface area contributed by atoms with E-state index in [1.54, 1.807) is 13.8 Å². The molecule has 8 nitrogen and oxygen atoms in total. The Labute approximate surface area is 147 Å². The van der Waals surface area contributed by atoms with E-state index in [1.807, 2.05) is 0 Å². The van der Waals surface area contributed by atoms with Gasteiger partial charge in [-0.2, -0.15) is 4.31 Å². The quantitative estimate of drug-likeness (QED) is 0.750. The molecular weight excluding hydrogens is 368 g/mol. The first-order valence-corrected chi connectivity index (χ1v) is 10.9. The second kappa shape index (κ2) is 6.04. The van der Waals surface area contributed by atoms with Gasteiger partial charge >= 0.3 is 0 Å². The average molecular weight is 388 g/mol. The van der Waals surface area contributed by atoms with Crippen molar-refractivity contribution in [2.24, 2.45) is 0 Å². The van der Waals surface area contributed by atoms with Crippen molar-refractivity contribution >= 4 is 31.6 Å². The third-order valence-corrected chi connectivity index (χ3v) is 8.12. The van der Waals surface area contributed by atoms with Crippen molar-refractivity contribution in [3.63, 3.8) is 0 Å². The molecule has 25 heavy (non-hydrogen) atoms. The fraction of sp³-hybridized carbons (Fsp3) is 0.533. The lowest BCUT2D eigenvalue weighted by molar-refractivity contribution is -0.116. The fourth-order valence-corrected chi connectivity index (χ4v) is 6.25. The highest BCUT2D eigenvalue weighted by Crippen LogP contribution is 2.30. The number of carbonyl (C=O) groups excluding carboxylic acids is 1. The molecule has 2 aliphatic heterocycles. The smallest absolute Gasteiger partial charge is 0.243 e. The summed E-state index contributed by atoms with van der Waals surface area (Å²) in [5.41, 5.74) is -0.521. The molecule has 10 heteroatoms. The molecular formula is C15H20N2O6S2. The van der Waals surface area contributed by atoms with E-state index < -0.39 is 31.5 Å². The van der Waals surface area contributed by atoms with Crippen LogP contribution >= 0.6 is 0 Å². The molecule has 138 valence electrons. The van der Waals surface area contributed by atoms with Crippen LogP contribution in [0.5, 0.6) is 0 Å². The largest absolute Gasteiger partial charge is 0.378 e. The van der Waals surface area contributed by atoms with Gasteiger partial charge in [-0.05, 0) is 38.1 Å². The van der Waals surface area contributed by atoms with E-state index in [1.165, 1.54) is 28.6 Å². The number of nitrogens with zero attached hydrogens (tertiary/aromatic N) is 2. The second-order valence-electron chi connectivity index (χ2n) is 6.66. The number of hydrogen-bond acceptors (Lipinski definition) is 6. The maximum Gasteiger partial charge on any atom is 0.243 e. The van der Waals surface area contributed by atoms with Gasteiger partial charge in [0, 0.05) is 13.0 Å². The Bertz CT molecular complexity index is 890. The normalized spacial score (nSPS) is 23.8. The molecule has 1 aromatic carbocycles. The molecule has 0 bridgehead atoms. The number of ether oxygens (including phenoxy) is 1. The zero-order chi connectivity index (χ0) is 18.5. The van der Waals surface area contributed by atoms with Crippen LogP contribution in [-0.4, -0.2) is 58.1 Å². The zero-order valence-electron chi connectivity index (χ0n) is 14.0. The van der Waals surface area contributed by atoms with Gasteiger partial charge in [0.15, 0.2) is 0 Å². The Kier molecular flexibility index (Phi) is 4.43. The molecule has 1 amide bonds. The third-order valence-electron chi connectivity index (χ3n) is 4.31. The van der Waals surface area contributed by atoms with Crippen LogP contribution in [0.3, 0.4) is 0 Å². The molecule has 2 fully saturated rings. The van der Waals surface area contributed by atoms with Gasteiger partial charge in [0.25, 0.3) is 0 Å². The topological polar surface area (TPSA) is 101 Å². The van der Waals surface area contributed by atoms with Crippen molar-refractivity contribution < 1.29 is 26.4 Å². The molecule has 0 aliphatic carbocycles. The van der Waals surface area contributed by atoms with Crippen LogP contribution in [0.2, 0.25) is 0 Å². The van der Waals surface area contributed by atoms with Crippen molar-refractivity contribution in [1.29, 1.82) is 0 Å². The standard InChI is InChI=1S/C15H20N2O6S2/c1-15(2)11-23-9-8-16(15)25(21,22)13-5-3-12(4-6-13)17-14(18)7-10-24(17,19)20/h3-6H,7-11H2,1-2H3. The molecule has 0 atom stereocenters. The predicted octanol–water partition coefficient (Wildman–Crippen LogP) is 0.553. The molecule has 0 N–H and O–H groups in total. The van der Waals surface area contributed by atoms with Crippen LogP contribution in [-0.2, 0) is 29.6 Å². The lowest BCUT2D eigenvalue weighted by Crippen LogP contribution is -2.55. The van der Waals surface area contributed by atoms with Crippen molar-refractivity contribution in [3.8, 4) is 0 Å². The monoisotopic (exact) mass is 388 g/mol. The van der Waals surface area contributed by atoms with E-state index in [9.17, 15) is 21.6 Å². The Morgan fingerprint density at radius 1 is 1.16 bits per heavy atom. The van der Waals surface area contributed by atoms with Crippen molar-refractivity contribution in [2.75, 3.05) is 29.8 Å². The van der Waals surface area contributed by atoms with E-state index in [-0.39, 0.29) is 29.3 Å². The van der Waals surface area contributed by atoms with Gasteiger partial charge in [0.1, 0.15) is 0 Å². The summed E-state index contributed by atoms with van der Waals surface area (Å²) in [6.45, 7) is 4.43. The van der Waals surface area contributed by atoms with E-state index in [0.29, 0.717) is 13.2 Å². The number of sulfonamides is 2. The first kappa shape index (κ1) is 18.3. The van der Waals surface area contributed by atoms with Gasteiger partial charge in [0.05, 0.1) is 35.1 Å². The van der Waals surface area contributed by atoms with Gasteiger partial charge in [-0.15, -0.1) is 0 Å². The minimum atomic E-state index is -3.75. The maximum absolute atomic E-state index is 12.9. The van der Waals surface area contributed by atoms with Gasteiger partial charge in [0.2, 0.25) is 26.0 Å². The van der Waals surface area contributed by atoms with E-state index in [4.69, 9.17) is 4.74 Å². The molecule has 2 aliphatic rings. The molecule has 0 radical (unpaired) electrons.